The fraction of sp³-hybridized carbons (Fsp3) is 0.500. The second-order valence-electron chi connectivity index (χ2n) is 4.37. The summed E-state index contributed by atoms with van der Waals surface area (Å²) in [7, 11) is 5.44. The van der Waals surface area contributed by atoms with E-state index in [0.717, 1.165) is 5.82 Å². The van der Waals surface area contributed by atoms with E-state index in [1.807, 2.05) is 25.1 Å². The SMILES string of the molecule is CC(CO)N(C)C(=O)Nc1ccc(N(C)C)nc1. The number of carbonyl (C=O) groups is 1. The Hall–Kier alpha value is -1.82. The Balaban J connectivity index is 2.65. The topological polar surface area (TPSA) is 68.7 Å². The van der Waals surface area contributed by atoms with Gasteiger partial charge in [0.15, 0.2) is 0 Å². The standard InChI is InChI=1S/C12H20N4O2/c1-9(8-17)16(4)12(18)14-10-5-6-11(13-7-10)15(2)3/h5-7,9,17H,8H2,1-4H3,(H,14,18). The van der Waals surface area contributed by atoms with E-state index in [4.69, 9.17) is 5.11 Å². The first kappa shape index (κ1) is 14.2. The van der Waals surface area contributed by atoms with Gasteiger partial charge in [0.25, 0.3) is 0 Å². The number of likely N-dealkylation sites (N-methyl/N-ethyl adjacent to an activating group) is 1. The molecule has 0 aliphatic carbocycles. The van der Waals surface area contributed by atoms with Crippen molar-refractivity contribution in [1.29, 1.82) is 0 Å². The highest BCUT2D eigenvalue weighted by Gasteiger charge is 2.14. The Morgan fingerprint density at radius 3 is 2.56 bits per heavy atom. The van der Waals surface area contributed by atoms with Crippen LogP contribution in [0, 0.1) is 0 Å². The Bertz CT molecular complexity index is 392. The highest BCUT2D eigenvalue weighted by molar-refractivity contribution is 5.89. The van der Waals surface area contributed by atoms with Crippen molar-refractivity contribution >= 4 is 17.5 Å². The summed E-state index contributed by atoms with van der Waals surface area (Å²) in [5.74, 6) is 0.824. The summed E-state index contributed by atoms with van der Waals surface area (Å²) in [5.41, 5.74) is 0.627. The fourth-order valence-electron chi connectivity index (χ4n) is 1.26. The molecule has 1 unspecified atom stereocenters. The maximum atomic E-state index is 11.8. The van der Waals surface area contributed by atoms with Gasteiger partial charge in [0.2, 0.25) is 0 Å². The van der Waals surface area contributed by atoms with Crippen molar-refractivity contribution in [2.75, 3.05) is 38.0 Å². The average Bonchev–Trinajstić information content (AvgIpc) is 2.37. The summed E-state index contributed by atoms with van der Waals surface area (Å²) < 4.78 is 0. The third kappa shape index (κ3) is 3.59. The molecule has 1 heterocycles. The van der Waals surface area contributed by atoms with Crippen LogP contribution in [-0.4, -0.2) is 54.8 Å². The molecule has 1 rings (SSSR count). The van der Waals surface area contributed by atoms with Gasteiger partial charge in [-0.15, -0.1) is 0 Å². The Morgan fingerprint density at radius 2 is 2.11 bits per heavy atom. The van der Waals surface area contributed by atoms with Crippen molar-refractivity contribution in [3.63, 3.8) is 0 Å². The summed E-state index contributed by atoms with van der Waals surface area (Å²) in [6.45, 7) is 1.70. The van der Waals surface area contributed by atoms with Crippen LogP contribution in [-0.2, 0) is 0 Å². The van der Waals surface area contributed by atoms with E-state index < -0.39 is 0 Å². The van der Waals surface area contributed by atoms with Crippen LogP contribution in [0.5, 0.6) is 0 Å². The molecule has 2 amide bonds. The van der Waals surface area contributed by atoms with Gasteiger partial charge in [-0.25, -0.2) is 9.78 Å². The summed E-state index contributed by atoms with van der Waals surface area (Å²) in [6.07, 6.45) is 1.60. The molecule has 0 saturated carbocycles. The highest BCUT2D eigenvalue weighted by Crippen LogP contribution is 2.12. The molecule has 100 valence electrons. The number of aliphatic hydroxyl groups excluding tert-OH is 1. The number of urea groups is 1. The number of rotatable bonds is 4. The van der Waals surface area contributed by atoms with Gasteiger partial charge in [-0.3, -0.25) is 0 Å². The summed E-state index contributed by atoms with van der Waals surface area (Å²) in [4.78, 5) is 19.3. The number of nitrogens with one attached hydrogen (secondary N) is 1. The van der Waals surface area contributed by atoms with Crippen molar-refractivity contribution < 1.29 is 9.90 Å². The van der Waals surface area contributed by atoms with Gasteiger partial charge in [-0.2, -0.15) is 0 Å². The van der Waals surface area contributed by atoms with E-state index in [-0.39, 0.29) is 18.7 Å². The van der Waals surface area contributed by atoms with Crippen LogP contribution in [0.1, 0.15) is 6.92 Å². The number of anilines is 2. The average molecular weight is 252 g/mol. The number of nitrogens with zero attached hydrogens (tertiary/aromatic N) is 3. The molecule has 2 N–H and O–H groups in total. The molecule has 0 bridgehead atoms. The van der Waals surface area contributed by atoms with E-state index in [9.17, 15) is 4.79 Å². The number of pyridine rings is 1. The summed E-state index contributed by atoms with van der Waals surface area (Å²) in [6, 6.07) is 3.12. The molecule has 0 aromatic carbocycles. The van der Waals surface area contributed by atoms with E-state index >= 15 is 0 Å². The van der Waals surface area contributed by atoms with E-state index in [1.54, 1.807) is 26.2 Å². The molecule has 0 saturated heterocycles. The molecule has 0 spiro atoms. The lowest BCUT2D eigenvalue weighted by atomic mass is 10.3. The molecule has 0 aliphatic heterocycles. The van der Waals surface area contributed by atoms with Gasteiger partial charge in [-0.1, -0.05) is 0 Å². The summed E-state index contributed by atoms with van der Waals surface area (Å²) >= 11 is 0. The molecule has 6 heteroatoms. The van der Waals surface area contributed by atoms with E-state index in [0.29, 0.717) is 5.69 Å². The largest absolute Gasteiger partial charge is 0.394 e. The number of aliphatic hydroxyl groups is 1. The third-order valence-corrected chi connectivity index (χ3v) is 2.70. The number of carbonyl (C=O) groups excluding carboxylic acids is 1. The summed E-state index contributed by atoms with van der Waals surface area (Å²) in [5, 5.41) is 11.7. The highest BCUT2D eigenvalue weighted by atomic mass is 16.3. The second kappa shape index (κ2) is 6.20. The predicted molar refractivity (Wildman–Crippen MR) is 71.9 cm³/mol. The first-order valence-electron chi connectivity index (χ1n) is 5.73. The monoisotopic (exact) mass is 252 g/mol. The first-order chi connectivity index (χ1) is 8.45. The molecule has 0 aliphatic rings. The van der Waals surface area contributed by atoms with Crippen LogP contribution in [0.25, 0.3) is 0 Å². The van der Waals surface area contributed by atoms with Gasteiger partial charge in [0.05, 0.1) is 24.5 Å². The van der Waals surface area contributed by atoms with Crippen molar-refractivity contribution in [2.45, 2.75) is 13.0 Å². The zero-order valence-electron chi connectivity index (χ0n) is 11.2. The maximum absolute atomic E-state index is 11.8. The molecule has 1 aromatic heterocycles. The number of hydrogen-bond donors (Lipinski definition) is 2. The van der Waals surface area contributed by atoms with E-state index in [2.05, 4.69) is 10.3 Å². The minimum Gasteiger partial charge on any atom is -0.394 e. The lowest BCUT2D eigenvalue weighted by molar-refractivity contribution is 0.166. The second-order valence-corrected chi connectivity index (χ2v) is 4.37. The Morgan fingerprint density at radius 1 is 1.44 bits per heavy atom. The Labute approximate surface area is 107 Å². The lowest BCUT2D eigenvalue weighted by Crippen LogP contribution is -2.40. The lowest BCUT2D eigenvalue weighted by Gasteiger charge is -2.23. The van der Waals surface area contributed by atoms with Crippen molar-refractivity contribution in [1.82, 2.24) is 9.88 Å². The predicted octanol–water partition coefficient (Wildman–Crippen LogP) is 0.992. The molecule has 1 atom stereocenters. The molecule has 1 aromatic rings. The van der Waals surface area contributed by atoms with Crippen LogP contribution in [0.4, 0.5) is 16.3 Å². The van der Waals surface area contributed by atoms with Gasteiger partial charge in [-0.05, 0) is 19.1 Å². The van der Waals surface area contributed by atoms with Crippen LogP contribution in [0.15, 0.2) is 18.3 Å². The fourth-order valence-corrected chi connectivity index (χ4v) is 1.26. The van der Waals surface area contributed by atoms with Crippen LogP contribution >= 0.6 is 0 Å². The third-order valence-electron chi connectivity index (χ3n) is 2.70. The molecular formula is C12H20N4O2. The number of hydrogen-bond acceptors (Lipinski definition) is 4. The Kier molecular flexibility index (Phi) is 4.91. The van der Waals surface area contributed by atoms with Crippen molar-refractivity contribution in [3.8, 4) is 0 Å². The minimum atomic E-state index is -0.268. The van der Waals surface area contributed by atoms with Gasteiger partial charge >= 0.3 is 6.03 Å². The van der Waals surface area contributed by atoms with Gasteiger partial charge < -0.3 is 20.2 Å². The van der Waals surface area contributed by atoms with Gasteiger partial charge in [0, 0.05) is 21.1 Å². The molecule has 18 heavy (non-hydrogen) atoms. The number of amides is 2. The zero-order valence-corrected chi connectivity index (χ0v) is 11.2. The van der Waals surface area contributed by atoms with E-state index in [1.165, 1.54) is 4.90 Å². The van der Waals surface area contributed by atoms with Gasteiger partial charge in [0.1, 0.15) is 5.82 Å². The molecule has 0 radical (unpaired) electrons. The molecular weight excluding hydrogens is 232 g/mol. The quantitative estimate of drug-likeness (QED) is 0.838. The van der Waals surface area contributed by atoms with Crippen molar-refractivity contribution in [2.24, 2.45) is 0 Å². The van der Waals surface area contributed by atoms with Crippen LogP contribution < -0.4 is 10.2 Å². The molecule has 0 fully saturated rings. The molecule has 6 nitrogen and oxygen atoms in total. The van der Waals surface area contributed by atoms with Crippen LogP contribution in [0.3, 0.4) is 0 Å². The zero-order chi connectivity index (χ0) is 13.7. The minimum absolute atomic E-state index is 0.0677. The van der Waals surface area contributed by atoms with Crippen molar-refractivity contribution in [3.05, 3.63) is 18.3 Å². The number of aromatic nitrogens is 1. The maximum Gasteiger partial charge on any atom is 0.321 e. The normalized spacial score (nSPS) is 11.8. The smallest absolute Gasteiger partial charge is 0.321 e. The van der Waals surface area contributed by atoms with Crippen LogP contribution in [0.2, 0.25) is 0 Å². The first-order valence-corrected chi connectivity index (χ1v) is 5.73.